The molecule has 3 heteroatoms. The lowest BCUT2D eigenvalue weighted by Crippen LogP contribution is -2.36. The average molecular weight is 238 g/mol. The molecule has 1 saturated carbocycles. The van der Waals surface area contributed by atoms with Crippen LogP contribution in [0, 0.1) is 17.8 Å². The molecule has 2 unspecified atom stereocenters. The monoisotopic (exact) mass is 238 g/mol. The first kappa shape index (κ1) is 12.6. The van der Waals surface area contributed by atoms with E-state index in [2.05, 4.69) is 20.8 Å². The topological polar surface area (TPSA) is 35.5 Å². The summed E-state index contributed by atoms with van der Waals surface area (Å²) in [5.41, 5.74) is 0. The highest BCUT2D eigenvalue weighted by atomic mass is 16.7. The van der Waals surface area contributed by atoms with Crippen molar-refractivity contribution in [2.24, 2.45) is 17.8 Å². The summed E-state index contributed by atoms with van der Waals surface area (Å²) in [5.74, 6) is 1.61. The molecule has 0 aromatic heterocycles. The quantitative estimate of drug-likeness (QED) is 0.709. The minimum atomic E-state index is -0.459. The Morgan fingerprint density at radius 3 is 2.76 bits per heavy atom. The van der Waals surface area contributed by atoms with E-state index in [0.717, 1.165) is 6.42 Å². The van der Waals surface area contributed by atoms with E-state index in [-0.39, 0.29) is 12.1 Å². The molecule has 0 spiro atoms. The lowest BCUT2D eigenvalue weighted by molar-refractivity contribution is -0.178. The van der Waals surface area contributed by atoms with Crippen LogP contribution in [0.2, 0.25) is 0 Å². The molecule has 96 valence electrons. The molecule has 4 atom stereocenters. The molecule has 2 rings (SSSR count). The summed E-state index contributed by atoms with van der Waals surface area (Å²) in [4.78, 5) is 11.0. The summed E-state index contributed by atoms with van der Waals surface area (Å²) in [6.45, 7) is 6.75. The molecule has 2 aliphatic rings. The molecule has 1 aliphatic carbocycles. The van der Waals surface area contributed by atoms with E-state index in [0.29, 0.717) is 17.8 Å². The van der Waals surface area contributed by atoms with Gasteiger partial charge in [-0.2, -0.15) is 0 Å². The summed E-state index contributed by atoms with van der Waals surface area (Å²) in [7, 11) is 0. The maximum Gasteiger partial charge on any atom is 0.333 e. The third kappa shape index (κ3) is 3.09. The molecule has 0 amide bonds. The van der Waals surface area contributed by atoms with Gasteiger partial charge in [0.1, 0.15) is 0 Å². The highest BCUT2D eigenvalue weighted by molar-refractivity contribution is 5.84. The molecule has 0 saturated heterocycles. The van der Waals surface area contributed by atoms with Gasteiger partial charge in [0, 0.05) is 6.08 Å². The molecular formula is C14H22O3. The predicted molar refractivity (Wildman–Crippen MR) is 65.2 cm³/mol. The minimum Gasteiger partial charge on any atom is -0.429 e. The van der Waals surface area contributed by atoms with E-state index in [9.17, 15) is 4.79 Å². The smallest absolute Gasteiger partial charge is 0.333 e. The Balaban J connectivity index is 1.95. The number of carbonyl (C=O) groups is 1. The number of hydrogen-bond donors (Lipinski definition) is 0. The number of hydrogen-bond acceptors (Lipinski definition) is 3. The van der Waals surface area contributed by atoms with Crippen molar-refractivity contribution in [2.75, 3.05) is 0 Å². The van der Waals surface area contributed by atoms with Crippen LogP contribution in [-0.4, -0.2) is 18.4 Å². The number of carbonyl (C=O) groups excluding carboxylic acids is 1. The fourth-order valence-electron chi connectivity index (χ4n) is 2.87. The first-order valence-corrected chi connectivity index (χ1v) is 6.60. The van der Waals surface area contributed by atoms with E-state index in [1.165, 1.54) is 18.9 Å². The van der Waals surface area contributed by atoms with Gasteiger partial charge in [-0.15, -0.1) is 0 Å². The Hall–Kier alpha value is -0.830. The van der Waals surface area contributed by atoms with Gasteiger partial charge in [-0.3, -0.25) is 0 Å². The summed E-state index contributed by atoms with van der Waals surface area (Å²) < 4.78 is 11.0. The van der Waals surface area contributed by atoms with Gasteiger partial charge in [-0.1, -0.05) is 27.2 Å². The van der Waals surface area contributed by atoms with Crippen LogP contribution in [0.15, 0.2) is 12.2 Å². The minimum absolute atomic E-state index is 0.222. The van der Waals surface area contributed by atoms with Crippen molar-refractivity contribution >= 4 is 5.97 Å². The number of ether oxygens (including phenoxy) is 2. The molecule has 0 aromatic rings. The fourth-order valence-corrected chi connectivity index (χ4v) is 2.87. The summed E-state index contributed by atoms with van der Waals surface area (Å²) in [6, 6.07) is 0. The Labute approximate surface area is 103 Å². The van der Waals surface area contributed by atoms with Crippen LogP contribution < -0.4 is 0 Å². The van der Waals surface area contributed by atoms with Crippen LogP contribution in [0.1, 0.15) is 40.0 Å². The largest absolute Gasteiger partial charge is 0.429 e. The summed E-state index contributed by atoms with van der Waals surface area (Å²) >= 11 is 0. The zero-order chi connectivity index (χ0) is 12.4. The van der Waals surface area contributed by atoms with Crippen molar-refractivity contribution in [1.82, 2.24) is 0 Å². The fraction of sp³-hybridized carbons (Fsp3) is 0.786. The van der Waals surface area contributed by atoms with Crippen LogP contribution in [0.4, 0.5) is 0 Å². The van der Waals surface area contributed by atoms with E-state index >= 15 is 0 Å². The SMILES string of the molecule is CC(C)C1CC[C@H](C)CC1O[C@@H]1C=CC(=O)O1. The molecule has 0 radical (unpaired) electrons. The van der Waals surface area contributed by atoms with Gasteiger partial charge in [0.2, 0.25) is 6.29 Å². The van der Waals surface area contributed by atoms with Gasteiger partial charge in [0.15, 0.2) is 0 Å². The average Bonchev–Trinajstić information content (AvgIpc) is 2.63. The molecule has 17 heavy (non-hydrogen) atoms. The van der Waals surface area contributed by atoms with Gasteiger partial charge in [0.25, 0.3) is 0 Å². The third-order valence-electron chi connectivity index (χ3n) is 3.89. The predicted octanol–water partition coefficient (Wildman–Crippen LogP) is 2.90. The molecule has 0 aromatic carbocycles. The Morgan fingerprint density at radius 2 is 2.18 bits per heavy atom. The van der Waals surface area contributed by atoms with Gasteiger partial charge in [-0.05, 0) is 36.7 Å². The molecule has 0 N–H and O–H groups in total. The zero-order valence-corrected chi connectivity index (χ0v) is 10.9. The van der Waals surface area contributed by atoms with Crippen LogP contribution in [-0.2, 0) is 14.3 Å². The second-order valence-electron chi connectivity index (χ2n) is 5.67. The number of cyclic esters (lactones) is 1. The van der Waals surface area contributed by atoms with Gasteiger partial charge in [-0.25, -0.2) is 4.79 Å². The van der Waals surface area contributed by atoms with E-state index < -0.39 is 6.29 Å². The van der Waals surface area contributed by atoms with E-state index in [4.69, 9.17) is 9.47 Å². The Bertz CT molecular complexity index is 309. The van der Waals surface area contributed by atoms with Gasteiger partial charge in [0.05, 0.1) is 6.10 Å². The van der Waals surface area contributed by atoms with Gasteiger partial charge >= 0.3 is 5.97 Å². The second kappa shape index (κ2) is 5.21. The Morgan fingerprint density at radius 1 is 1.41 bits per heavy atom. The normalized spacial score (nSPS) is 37.5. The van der Waals surface area contributed by atoms with Crippen LogP contribution in [0.5, 0.6) is 0 Å². The summed E-state index contributed by atoms with van der Waals surface area (Å²) in [6.07, 6.45) is 6.49. The van der Waals surface area contributed by atoms with E-state index in [1.54, 1.807) is 6.08 Å². The van der Waals surface area contributed by atoms with Crippen molar-refractivity contribution in [3.05, 3.63) is 12.2 Å². The van der Waals surface area contributed by atoms with Crippen molar-refractivity contribution in [3.63, 3.8) is 0 Å². The van der Waals surface area contributed by atoms with Crippen molar-refractivity contribution in [1.29, 1.82) is 0 Å². The standard InChI is InChI=1S/C14H22O3/c1-9(2)11-5-4-10(3)8-12(11)16-14-7-6-13(15)17-14/h6-7,9-12,14H,4-5,8H2,1-3H3/t10-,11?,12?,14-/m0/s1. The molecule has 1 aliphatic heterocycles. The van der Waals surface area contributed by atoms with Crippen LogP contribution >= 0.6 is 0 Å². The van der Waals surface area contributed by atoms with Gasteiger partial charge < -0.3 is 9.47 Å². The lowest BCUT2D eigenvalue weighted by Gasteiger charge is -2.37. The van der Waals surface area contributed by atoms with Crippen LogP contribution in [0.3, 0.4) is 0 Å². The highest BCUT2D eigenvalue weighted by Gasteiger charge is 2.34. The molecule has 1 fully saturated rings. The van der Waals surface area contributed by atoms with Crippen LogP contribution in [0.25, 0.3) is 0 Å². The maximum atomic E-state index is 11.0. The number of rotatable bonds is 3. The second-order valence-corrected chi connectivity index (χ2v) is 5.67. The molecule has 0 bridgehead atoms. The molecular weight excluding hydrogens is 216 g/mol. The van der Waals surface area contributed by atoms with Crippen molar-refractivity contribution in [3.8, 4) is 0 Å². The maximum absolute atomic E-state index is 11.0. The van der Waals surface area contributed by atoms with Crippen molar-refractivity contribution < 1.29 is 14.3 Å². The highest BCUT2D eigenvalue weighted by Crippen LogP contribution is 2.36. The summed E-state index contributed by atoms with van der Waals surface area (Å²) in [5, 5.41) is 0. The first-order chi connectivity index (χ1) is 8.06. The Kier molecular flexibility index (Phi) is 3.87. The first-order valence-electron chi connectivity index (χ1n) is 6.60. The molecule has 1 heterocycles. The number of esters is 1. The van der Waals surface area contributed by atoms with Crippen molar-refractivity contribution in [2.45, 2.75) is 52.4 Å². The van der Waals surface area contributed by atoms with E-state index in [1.807, 2.05) is 0 Å². The molecule has 3 nitrogen and oxygen atoms in total. The lowest BCUT2D eigenvalue weighted by atomic mass is 9.75. The zero-order valence-electron chi connectivity index (χ0n) is 10.9. The third-order valence-corrected chi connectivity index (χ3v) is 3.89.